The van der Waals surface area contributed by atoms with E-state index < -0.39 is 0 Å². The number of amides is 1. The Morgan fingerprint density at radius 2 is 1.83 bits per heavy atom. The van der Waals surface area contributed by atoms with Crippen LogP contribution in [0.4, 0.5) is 0 Å². The van der Waals surface area contributed by atoms with E-state index in [1.807, 2.05) is 25.3 Å². The van der Waals surface area contributed by atoms with E-state index in [4.69, 9.17) is 0 Å². The smallest absolute Gasteiger partial charge is 0.270 e. The van der Waals surface area contributed by atoms with Crippen LogP contribution in [0, 0.1) is 0 Å². The van der Waals surface area contributed by atoms with Gasteiger partial charge < -0.3 is 9.88 Å². The summed E-state index contributed by atoms with van der Waals surface area (Å²) in [6, 6.07) is 5.12. The van der Waals surface area contributed by atoms with Crippen molar-refractivity contribution in [2.75, 3.05) is 0 Å². The molecule has 3 rings (SSSR count). The zero-order chi connectivity index (χ0) is 17.1. The Bertz CT molecular complexity index is 824. The molecular weight excluding hydrogens is 308 g/mol. The highest BCUT2D eigenvalue weighted by Crippen LogP contribution is 2.15. The second-order valence-electron chi connectivity index (χ2n) is 5.64. The highest BCUT2D eigenvalue weighted by molar-refractivity contribution is 5.92. The Hall–Kier alpha value is -3.10. The fourth-order valence-electron chi connectivity index (χ4n) is 2.31. The Morgan fingerprint density at radius 1 is 1.08 bits per heavy atom. The van der Waals surface area contributed by atoms with Crippen LogP contribution >= 0.6 is 0 Å². The molecule has 0 radical (unpaired) electrons. The van der Waals surface area contributed by atoms with E-state index in [2.05, 4.69) is 30.7 Å². The third-order valence-electron chi connectivity index (χ3n) is 3.54. The summed E-state index contributed by atoms with van der Waals surface area (Å²) in [5, 5.41) is 18.4. The van der Waals surface area contributed by atoms with Crippen LogP contribution in [0.3, 0.4) is 0 Å². The summed E-state index contributed by atoms with van der Waals surface area (Å²) in [5.41, 5.74) is 0.309. The fraction of sp³-hybridized carbons (Fsp3) is 0.333. The number of hydrogen-bond donors (Lipinski definition) is 1. The van der Waals surface area contributed by atoms with Crippen molar-refractivity contribution in [2.24, 2.45) is 0 Å². The van der Waals surface area contributed by atoms with E-state index in [1.165, 1.54) is 12.7 Å². The van der Waals surface area contributed by atoms with Crippen LogP contribution in [0.2, 0.25) is 0 Å². The molecule has 9 nitrogen and oxygen atoms in total. The Morgan fingerprint density at radius 3 is 2.54 bits per heavy atom. The number of nitrogens with one attached hydrogen (secondary N) is 1. The molecule has 0 bridgehead atoms. The number of carbonyl (C=O) groups is 1. The van der Waals surface area contributed by atoms with E-state index in [0.29, 0.717) is 17.3 Å². The Labute approximate surface area is 138 Å². The van der Waals surface area contributed by atoms with Crippen molar-refractivity contribution in [1.29, 1.82) is 0 Å². The van der Waals surface area contributed by atoms with Crippen LogP contribution in [0.25, 0.3) is 5.82 Å². The molecule has 1 amide bonds. The molecule has 3 aromatic heterocycles. The van der Waals surface area contributed by atoms with Gasteiger partial charge in [-0.2, -0.15) is 0 Å². The largest absolute Gasteiger partial charge is 0.341 e. The zero-order valence-corrected chi connectivity index (χ0v) is 13.7. The first-order chi connectivity index (χ1) is 11.6. The lowest BCUT2D eigenvalue weighted by molar-refractivity contribution is 0.0932. The number of carbonyl (C=O) groups excluding carboxylic acids is 1. The molecule has 1 unspecified atom stereocenters. The predicted molar refractivity (Wildman–Crippen MR) is 85.4 cm³/mol. The first-order valence-corrected chi connectivity index (χ1v) is 7.58. The van der Waals surface area contributed by atoms with Gasteiger partial charge in [0.2, 0.25) is 0 Å². The maximum atomic E-state index is 12.5. The van der Waals surface area contributed by atoms with Crippen molar-refractivity contribution in [2.45, 2.75) is 32.9 Å². The van der Waals surface area contributed by atoms with Crippen LogP contribution in [0.15, 0.2) is 37.2 Å². The fourth-order valence-corrected chi connectivity index (χ4v) is 2.31. The number of pyridine rings is 1. The molecule has 0 saturated carbocycles. The van der Waals surface area contributed by atoms with Crippen molar-refractivity contribution in [3.8, 4) is 5.82 Å². The molecule has 0 fully saturated rings. The third kappa shape index (κ3) is 3.14. The molecule has 1 N–H and O–H groups in total. The van der Waals surface area contributed by atoms with Crippen molar-refractivity contribution in [3.05, 3.63) is 48.7 Å². The normalized spacial score (nSPS) is 12.3. The lowest BCUT2D eigenvalue weighted by atomic mass is 10.2. The molecule has 124 valence electrons. The second-order valence-corrected chi connectivity index (χ2v) is 5.64. The lowest BCUT2D eigenvalue weighted by Crippen LogP contribution is -2.29. The molecule has 0 saturated heterocycles. The van der Waals surface area contributed by atoms with Gasteiger partial charge in [0.15, 0.2) is 5.82 Å². The van der Waals surface area contributed by atoms with Crippen molar-refractivity contribution < 1.29 is 4.79 Å². The molecule has 24 heavy (non-hydrogen) atoms. The van der Waals surface area contributed by atoms with Gasteiger partial charge in [-0.15, -0.1) is 20.4 Å². The molecule has 1 atom stereocenters. The second kappa shape index (κ2) is 6.57. The molecular formula is C15H18N8O. The SMILES string of the molecule is CC(NC(=O)c1cccc(-n2cnnc2)n1)c1nncn1C(C)C. The minimum absolute atomic E-state index is 0.213. The Balaban J connectivity index is 1.77. The topological polar surface area (TPSA) is 103 Å². The number of hydrogen-bond acceptors (Lipinski definition) is 6. The van der Waals surface area contributed by atoms with Crippen molar-refractivity contribution in [1.82, 2.24) is 39.8 Å². The van der Waals surface area contributed by atoms with Gasteiger partial charge in [0.25, 0.3) is 5.91 Å². The monoisotopic (exact) mass is 326 g/mol. The summed E-state index contributed by atoms with van der Waals surface area (Å²) >= 11 is 0. The average molecular weight is 326 g/mol. The molecule has 0 aliphatic carbocycles. The minimum atomic E-state index is -0.289. The number of aromatic nitrogens is 7. The van der Waals surface area contributed by atoms with E-state index in [9.17, 15) is 4.79 Å². The number of rotatable bonds is 5. The minimum Gasteiger partial charge on any atom is -0.341 e. The van der Waals surface area contributed by atoms with Gasteiger partial charge in [0, 0.05) is 6.04 Å². The van der Waals surface area contributed by atoms with Crippen LogP contribution in [-0.2, 0) is 0 Å². The predicted octanol–water partition coefficient (Wildman–Crippen LogP) is 1.33. The van der Waals surface area contributed by atoms with Gasteiger partial charge in [0.05, 0.1) is 6.04 Å². The molecule has 9 heteroatoms. The van der Waals surface area contributed by atoms with E-state index in [0.717, 1.165) is 0 Å². The van der Waals surface area contributed by atoms with E-state index >= 15 is 0 Å². The van der Waals surface area contributed by atoms with Crippen LogP contribution in [0.1, 0.15) is 49.2 Å². The molecule has 3 heterocycles. The lowest BCUT2D eigenvalue weighted by Gasteiger charge is -2.16. The van der Waals surface area contributed by atoms with E-state index in [1.54, 1.807) is 29.1 Å². The van der Waals surface area contributed by atoms with Crippen molar-refractivity contribution in [3.63, 3.8) is 0 Å². The molecule has 0 spiro atoms. The first kappa shape index (κ1) is 15.8. The third-order valence-corrected chi connectivity index (χ3v) is 3.54. The maximum absolute atomic E-state index is 12.5. The maximum Gasteiger partial charge on any atom is 0.270 e. The quantitative estimate of drug-likeness (QED) is 0.758. The average Bonchev–Trinajstić information content (AvgIpc) is 3.26. The van der Waals surface area contributed by atoms with Crippen molar-refractivity contribution >= 4 is 5.91 Å². The summed E-state index contributed by atoms with van der Waals surface area (Å²) in [5.74, 6) is 0.995. The molecule has 0 aliphatic rings. The summed E-state index contributed by atoms with van der Waals surface area (Å²) in [6.45, 7) is 5.93. The van der Waals surface area contributed by atoms with Crippen LogP contribution in [-0.4, -0.2) is 40.4 Å². The van der Waals surface area contributed by atoms with Gasteiger partial charge in [-0.1, -0.05) is 6.07 Å². The Kier molecular flexibility index (Phi) is 4.32. The standard InChI is InChI=1S/C15H18N8O/c1-10(2)23-9-18-21-14(23)11(3)19-15(24)12-5-4-6-13(20-12)22-7-16-17-8-22/h4-11H,1-3H3,(H,19,24). The number of nitrogens with zero attached hydrogens (tertiary/aromatic N) is 7. The van der Waals surface area contributed by atoms with Gasteiger partial charge in [-0.3, -0.25) is 9.36 Å². The summed E-state index contributed by atoms with van der Waals surface area (Å²) in [4.78, 5) is 16.8. The molecule has 0 aliphatic heterocycles. The van der Waals surface area contributed by atoms with Gasteiger partial charge in [-0.05, 0) is 32.9 Å². The van der Waals surface area contributed by atoms with Gasteiger partial charge in [-0.25, -0.2) is 4.98 Å². The van der Waals surface area contributed by atoms with Gasteiger partial charge in [0.1, 0.15) is 30.5 Å². The first-order valence-electron chi connectivity index (χ1n) is 7.58. The summed E-state index contributed by atoms with van der Waals surface area (Å²) in [6.07, 6.45) is 4.71. The van der Waals surface area contributed by atoms with Gasteiger partial charge >= 0.3 is 0 Å². The van der Waals surface area contributed by atoms with E-state index in [-0.39, 0.29) is 18.0 Å². The highest BCUT2D eigenvalue weighted by Gasteiger charge is 2.18. The highest BCUT2D eigenvalue weighted by atomic mass is 16.1. The molecule has 3 aromatic rings. The molecule has 0 aromatic carbocycles. The van der Waals surface area contributed by atoms with Crippen LogP contribution < -0.4 is 5.32 Å². The summed E-state index contributed by atoms with van der Waals surface area (Å²) in [7, 11) is 0. The van der Waals surface area contributed by atoms with Crippen LogP contribution in [0.5, 0.6) is 0 Å². The summed E-state index contributed by atoms with van der Waals surface area (Å²) < 4.78 is 3.56. The zero-order valence-electron chi connectivity index (χ0n) is 13.7.